The number of carboxylic acids is 1. The molecule has 0 radical (unpaired) electrons. The van der Waals surface area contributed by atoms with Gasteiger partial charge in [0.2, 0.25) is 0 Å². The van der Waals surface area contributed by atoms with Gasteiger partial charge in [-0.05, 0) is 42.5 Å². The lowest BCUT2D eigenvalue weighted by Gasteiger charge is -2.04. The molecule has 0 atom stereocenters. The number of benzene rings is 1. The first-order chi connectivity index (χ1) is 12.1. The smallest absolute Gasteiger partial charge is 0.337 e. The van der Waals surface area contributed by atoms with E-state index in [1.807, 2.05) is 12.1 Å². The molecule has 1 amide bonds. The number of pyridine rings is 1. The van der Waals surface area contributed by atoms with Crippen molar-refractivity contribution in [3.8, 4) is 11.4 Å². The van der Waals surface area contributed by atoms with Crippen LogP contribution >= 0.6 is 0 Å². The summed E-state index contributed by atoms with van der Waals surface area (Å²) in [5.74, 6) is -0.551. The molecule has 2 heterocycles. The predicted molar refractivity (Wildman–Crippen MR) is 89.3 cm³/mol. The largest absolute Gasteiger partial charge is 0.497 e. The van der Waals surface area contributed by atoms with Gasteiger partial charge in [0, 0.05) is 12.4 Å². The average Bonchev–Trinajstić information content (AvgIpc) is 3.12. The van der Waals surface area contributed by atoms with E-state index in [-0.39, 0.29) is 17.1 Å². The van der Waals surface area contributed by atoms with E-state index < -0.39 is 11.9 Å². The Morgan fingerprint density at radius 2 is 1.88 bits per heavy atom. The van der Waals surface area contributed by atoms with Crippen LogP contribution in [0.1, 0.15) is 20.8 Å². The fraction of sp³-hybridized carbons (Fsp3) is 0.0588. The molecule has 3 rings (SSSR count). The molecular formula is C17H14N4O4. The lowest BCUT2D eigenvalue weighted by atomic mass is 10.3. The van der Waals surface area contributed by atoms with Gasteiger partial charge in [0.15, 0.2) is 5.69 Å². The first-order valence-corrected chi connectivity index (χ1v) is 7.27. The molecule has 0 spiro atoms. The molecule has 1 aromatic carbocycles. The zero-order chi connectivity index (χ0) is 17.8. The summed E-state index contributed by atoms with van der Waals surface area (Å²) in [5.41, 5.74) is 1.03. The summed E-state index contributed by atoms with van der Waals surface area (Å²) in [7, 11) is 1.59. The molecule has 0 unspecified atom stereocenters. The first-order valence-electron chi connectivity index (χ1n) is 7.27. The van der Waals surface area contributed by atoms with Gasteiger partial charge >= 0.3 is 5.97 Å². The Bertz CT molecular complexity index is 901. The summed E-state index contributed by atoms with van der Waals surface area (Å²) in [6.07, 6.45) is 2.84. The van der Waals surface area contributed by atoms with Gasteiger partial charge in [-0.15, -0.1) is 0 Å². The van der Waals surface area contributed by atoms with Gasteiger partial charge in [-0.3, -0.25) is 4.79 Å². The van der Waals surface area contributed by atoms with Crippen LogP contribution in [-0.4, -0.2) is 38.9 Å². The predicted octanol–water partition coefficient (Wildman–Crippen LogP) is 2.23. The molecule has 2 aromatic heterocycles. The number of amides is 1. The lowest BCUT2D eigenvalue weighted by Crippen LogP contribution is -2.14. The molecule has 0 bridgehead atoms. The number of nitrogens with zero attached hydrogens (tertiary/aromatic N) is 3. The molecule has 0 saturated carbocycles. The minimum absolute atomic E-state index is 0.0433. The van der Waals surface area contributed by atoms with E-state index in [0.717, 1.165) is 11.4 Å². The summed E-state index contributed by atoms with van der Waals surface area (Å²) in [5, 5.41) is 15.6. The summed E-state index contributed by atoms with van der Waals surface area (Å²) < 4.78 is 6.67. The third kappa shape index (κ3) is 3.63. The van der Waals surface area contributed by atoms with Crippen LogP contribution < -0.4 is 10.1 Å². The van der Waals surface area contributed by atoms with Crippen LogP contribution in [0.2, 0.25) is 0 Å². The Morgan fingerprint density at radius 3 is 2.48 bits per heavy atom. The van der Waals surface area contributed by atoms with Gasteiger partial charge in [0.25, 0.3) is 5.91 Å². The molecule has 8 nitrogen and oxygen atoms in total. The van der Waals surface area contributed by atoms with Crippen LogP contribution in [-0.2, 0) is 0 Å². The van der Waals surface area contributed by atoms with Crippen LogP contribution in [0.15, 0.2) is 54.9 Å². The highest BCUT2D eigenvalue weighted by molar-refractivity contribution is 6.02. The van der Waals surface area contributed by atoms with Crippen molar-refractivity contribution in [2.24, 2.45) is 0 Å². The fourth-order valence-corrected chi connectivity index (χ4v) is 2.10. The molecular weight excluding hydrogens is 324 g/mol. The minimum atomic E-state index is -1.08. The molecule has 0 aliphatic carbocycles. The third-order valence-electron chi connectivity index (χ3n) is 3.41. The van der Waals surface area contributed by atoms with Crippen molar-refractivity contribution in [1.29, 1.82) is 0 Å². The number of aromatic carboxylic acids is 1. The van der Waals surface area contributed by atoms with E-state index in [2.05, 4.69) is 15.4 Å². The number of anilines is 1. The maximum atomic E-state index is 12.2. The Labute approximate surface area is 142 Å². The van der Waals surface area contributed by atoms with Gasteiger partial charge in [0.05, 0.1) is 18.4 Å². The molecule has 3 aromatic rings. The second-order valence-electron chi connectivity index (χ2n) is 5.03. The van der Waals surface area contributed by atoms with E-state index in [0.29, 0.717) is 0 Å². The number of carbonyl (C=O) groups is 2. The van der Waals surface area contributed by atoms with Crippen molar-refractivity contribution >= 4 is 17.7 Å². The van der Waals surface area contributed by atoms with E-state index in [9.17, 15) is 9.59 Å². The summed E-state index contributed by atoms with van der Waals surface area (Å²) in [6.45, 7) is 0. The molecule has 126 valence electrons. The van der Waals surface area contributed by atoms with Crippen LogP contribution in [0.3, 0.4) is 0 Å². The molecule has 0 saturated heterocycles. The number of hydrogen-bond acceptors (Lipinski definition) is 5. The van der Waals surface area contributed by atoms with Crippen molar-refractivity contribution in [1.82, 2.24) is 14.8 Å². The number of methoxy groups -OCH3 is 1. The average molecular weight is 338 g/mol. The zero-order valence-corrected chi connectivity index (χ0v) is 13.2. The SMILES string of the molecule is COc1ccc(-n2ccc(C(=O)Nc3ccc(C(=O)O)cn3)n2)cc1. The van der Waals surface area contributed by atoms with Crippen molar-refractivity contribution in [3.63, 3.8) is 0 Å². The first kappa shape index (κ1) is 16.2. The topological polar surface area (TPSA) is 106 Å². The van der Waals surface area contributed by atoms with Crippen molar-refractivity contribution in [3.05, 3.63) is 66.1 Å². The van der Waals surface area contributed by atoms with Crippen LogP contribution in [0.25, 0.3) is 5.69 Å². The lowest BCUT2D eigenvalue weighted by molar-refractivity contribution is 0.0696. The van der Waals surface area contributed by atoms with Crippen molar-refractivity contribution < 1.29 is 19.4 Å². The van der Waals surface area contributed by atoms with Gasteiger partial charge in [-0.25, -0.2) is 14.5 Å². The number of nitrogens with one attached hydrogen (secondary N) is 1. The summed E-state index contributed by atoms with van der Waals surface area (Å²) in [6, 6.07) is 11.6. The van der Waals surface area contributed by atoms with Crippen LogP contribution in [0.5, 0.6) is 5.75 Å². The Balaban J connectivity index is 1.72. The Kier molecular flexibility index (Phi) is 4.42. The standard InChI is InChI=1S/C17H14N4O4/c1-25-13-5-3-12(4-6-13)21-9-8-14(20-21)16(22)19-15-7-2-11(10-18-15)17(23)24/h2-10H,1H3,(H,23,24)(H,18,19,22). The molecule has 2 N–H and O–H groups in total. The number of rotatable bonds is 5. The monoisotopic (exact) mass is 338 g/mol. The van der Waals surface area contributed by atoms with Crippen LogP contribution in [0.4, 0.5) is 5.82 Å². The quantitative estimate of drug-likeness (QED) is 0.739. The maximum Gasteiger partial charge on any atom is 0.337 e. The highest BCUT2D eigenvalue weighted by Gasteiger charge is 2.12. The zero-order valence-electron chi connectivity index (χ0n) is 13.2. The number of carboxylic acid groups (broad SMARTS) is 1. The summed E-state index contributed by atoms with van der Waals surface area (Å²) >= 11 is 0. The molecule has 0 aliphatic heterocycles. The normalized spacial score (nSPS) is 10.3. The van der Waals surface area contributed by atoms with Gasteiger partial charge in [0.1, 0.15) is 11.6 Å². The van der Waals surface area contributed by atoms with E-state index in [1.54, 1.807) is 36.2 Å². The van der Waals surface area contributed by atoms with E-state index in [1.165, 1.54) is 18.3 Å². The second-order valence-corrected chi connectivity index (χ2v) is 5.03. The van der Waals surface area contributed by atoms with E-state index in [4.69, 9.17) is 9.84 Å². The highest BCUT2D eigenvalue weighted by atomic mass is 16.5. The Hall–Kier alpha value is -3.68. The number of aromatic nitrogens is 3. The van der Waals surface area contributed by atoms with Gasteiger partial charge < -0.3 is 15.2 Å². The minimum Gasteiger partial charge on any atom is -0.497 e. The van der Waals surface area contributed by atoms with Gasteiger partial charge in [-0.2, -0.15) is 5.10 Å². The molecule has 0 fully saturated rings. The number of carbonyl (C=O) groups excluding carboxylic acids is 1. The molecule has 8 heteroatoms. The van der Waals surface area contributed by atoms with Gasteiger partial charge in [-0.1, -0.05) is 0 Å². The van der Waals surface area contributed by atoms with Crippen molar-refractivity contribution in [2.45, 2.75) is 0 Å². The van der Waals surface area contributed by atoms with Crippen LogP contribution in [0, 0.1) is 0 Å². The number of ether oxygens (including phenoxy) is 1. The molecule has 25 heavy (non-hydrogen) atoms. The maximum absolute atomic E-state index is 12.2. The van der Waals surface area contributed by atoms with Crippen molar-refractivity contribution in [2.75, 3.05) is 12.4 Å². The Morgan fingerprint density at radius 1 is 1.12 bits per heavy atom. The van der Waals surface area contributed by atoms with E-state index >= 15 is 0 Å². The highest BCUT2D eigenvalue weighted by Crippen LogP contribution is 2.15. The molecule has 0 aliphatic rings. The summed E-state index contributed by atoms with van der Waals surface area (Å²) in [4.78, 5) is 26.9. The second kappa shape index (κ2) is 6.83. The fourth-order valence-electron chi connectivity index (χ4n) is 2.10. The number of hydrogen-bond donors (Lipinski definition) is 2. The third-order valence-corrected chi connectivity index (χ3v) is 3.41.